The maximum atomic E-state index is 12.4. The third kappa shape index (κ3) is 3.31. The van der Waals surface area contributed by atoms with Crippen LogP contribution in [-0.2, 0) is 22.5 Å². The Balaban J connectivity index is 1.98. The third-order valence-electron chi connectivity index (χ3n) is 3.28. The van der Waals surface area contributed by atoms with E-state index < -0.39 is 0 Å². The molecular formula is C12H20N4O3. The van der Waals surface area contributed by atoms with Crippen molar-refractivity contribution in [3.8, 4) is 0 Å². The SMILES string of the molecule is COCCN(CCO)C(=O)C1Cc2nc[nH]c2CN1. The Morgan fingerprint density at radius 1 is 1.63 bits per heavy atom. The van der Waals surface area contributed by atoms with Gasteiger partial charge in [-0.3, -0.25) is 10.1 Å². The second kappa shape index (κ2) is 6.65. The Bertz CT molecular complexity index is 421. The van der Waals surface area contributed by atoms with Gasteiger partial charge in [-0.15, -0.1) is 0 Å². The van der Waals surface area contributed by atoms with Crippen molar-refractivity contribution in [3.05, 3.63) is 17.7 Å². The molecule has 1 aromatic heterocycles. The molecule has 0 bridgehead atoms. The Hall–Kier alpha value is -1.44. The van der Waals surface area contributed by atoms with Crippen molar-refractivity contribution < 1.29 is 14.6 Å². The molecule has 2 heterocycles. The van der Waals surface area contributed by atoms with Crippen LogP contribution >= 0.6 is 0 Å². The molecule has 0 fully saturated rings. The topological polar surface area (TPSA) is 90.5 Å². The molecule has 0 radical (unpaired) electrons. The number of imidazole rings is 1. The summed E-state index contributed by atoms with van der Waals surface area (Å²) in [5.41, 5.74) is 1.97. The molecule has 106 valence electrons. The van der Waals surface area contributed by atoms with Gasteiger partial charge >= 0.3 is 0 Å². The quantitative estimate of drug-likeness (QED) is 0.609. The van der Waals surface area contributed by atoms with E-state index in [0.29, 0.717) is 32.7 Å². The monoisotopic (exact) mass is 268 g/mol. The first-order valence-corrected chi connectivity index (χ1v) is 6.39. The standard InChI is InChI=1S/C12H20N4O3/c1-19-5-3-16(2-4-17)12(18)10-6-9-11(7-13-10)15-8-14-9/h8,10,13,17H,2-7H2,1H3,(H,14,15). The number of rotatable bonds is 6. The summed E-state index contributed by atoms with van der Waals surface area (Å²) in [6.45, 7) is 1.85. The van der Waals surface area contributed by atoms with E-state index in [1.807, 2.05) is 0 Å². The first kappa shape index (κ1) is 14.0. The van der Waals surface area contributed by atoms with E-state index in [1.54, 1.807) is 18.3 Å². The first-order valence-electron chi connectivity index (χ1n) is 6.39. The molecule has 1 unspecified atom stereocenters. The second-order valence-electron chi connectivity index (χ2n) is 4.51. The van der Waals surface area contributed by atoms with Crippen molar-refractivity contribution in [1.29, 1.82) is 0 Å². The first-order chi connectivity index (χ1) is 9.26. The number of carbonyl (C=O) groups is 1. The number of fused-ring (bicyclic) bond motifs is 1. The molecule has 1 aliphatic rings. The summed E-state index contributed by atoms with van der Waals surface area (Å²) in [6, 6.07) is -0.279. The normalized spacial score (nSPS) is 18.1. The molecule has 1 aliphatic heterocycles. The van der Waals surface area contributed by atoms with Gasteiger partial charge in [-0.25, -0.2) is 4.98 Å². The lowest BCUT2D eigenvalue weighted by Crippen LogP contribution is -2.51. The van der Waals surface area contributed by atoms with Crippen LogP contribution in [-0.4, -0.2) is 65.3 Å². The van der Waals surface area contributed by atoms with Crippen LogP contribution in [0.4, 0.5) is 0 Å². The third-order valence-corrected chi connectivity index (χ3v) is 3.28. The van der Waals surface area contributed by atoms with Crippen molar-refractivity contribution in [2.75, 3.05) is 33.4 Å². The van der Waals surface area contributed by atoms with Crippen LogP contribution in [0.25, 0.3) is 0 Å². The molecule has 1 atom stereocenters. The highest BCUT2D eigenvalue weighted by atomic mass is 16.5. The fourth-order valence-corrected chi connectivity index (χ4v) is 2.22. The van der Waals surface area contributed by atoms with Gasteiger partial charge < -0.3 is 19.7 Å². The van der Waals surface area contributed by atoms with Crippen LogP contribution in [0, 0.1) is 0 Å². The van der Waals surface area contributed by atoms with Crippen molar-refractivity contribution in [2.24, 2.45) is 0 Å². The van der Waals surface area contributed by atoms with Crippen LogP contribution in [0.2, 0.25) is 0 Å². The molecule has 2 rings (SSSR count). The van der Waals surface area contributed by atoms with Gasteiger partial charge in [0, 0.05) is 33.2 Å². The second-order valence-corrected chi connectivity index (χ2v) is 4.51. The molecule has 0 aliphatic carbocycles. The highest BCUT2D eigenvalue weighted by Gasteiger charge is 2.28. The minimum Gasteiger partial charge on any atom is -0.395 e. The molecule has 19 heavy (non-hydrogen) atoms. The molecule has 0 saturated carbocycles. The van der Waals surface area contributed by atoms with Gasteiger partial charge in [0.25, 0.3) is 0 Å². The predicted molar refractivity (Wildman–Crippen MR) is 68.5 cm³/mol. The molecular weight excluding hydrogens is 248 g/mol. The minimum absolute atomic E-state index is 0.0141. The number of H-pyrrole nitrogens is 1. The Morgan fingerprint density at radius 3 is 3.21 bits per heavy atom. The molecule has 0 saturated heterocycles. The van der Waals surface area contributed by atoms with Crippen molar-refractivity contribution in [1.82, 2.24) is 20.2 Å². The van der Waals surface area contributed by atoms with Gasteiger partial charge in [0.05, 0.1) is 37.0 Å². The fourth-order valence-electron chi connectivity index (χ4n) is 2.22. The smallest absolute Gasteiger partial charge is 0.240 e. The number of aromatic nitrogens is 2. The highest BCUT2D eigenvalue weighted by molar-refractivity contribution is 5.82. The molecule has 1 amide bonds. The number of aliphatic hydroxyl groups is 1. The molecule has 0 aromatic carbocycles. The number of carbonyl (C=O) groups excluding carboxylic acids is 1. The molecule has 7 heteroatoms. The van der Waals surface area contributed by atoms with Crippen molar-refractivity contribution in [2.45, 2.75) is 19.0 Å². The zero-order valence-electron chi connectivity index (χ0n) is 11.1. The number of aromatic amines is 1. The van der Waals surface area contributed by atoms with E-state index in [2.05, 4.69) is 15.3 Å². The highest BCUT2D eigenvalue weighted by Crippen LogP contribution is 2.13. The number of nitrogens with one attached hydrogen (secondary N) is 2. The number of amides is 1. The van der Waals surface area contributed by atoms with E-state index in [1.165, 1.54) is 0 Å². The molecule has 7 nitrogen and oxygen atoms in total. The maximum absolute atomic E-state index is 12.4. The number of hydrogen-bond donors (Lipinski definition) is 3. The predicted octanol–water partition coefficient (Wildman–Crippen LogP) is -1.11. The number of methoxy groups -OCH3 is 1. The van der Waals surface area contributed by atoms with Gasteiger partial charge in [-0.05, 0) is 0 Å². The molecule has 0 spiro atoms. The van der Waals surface area contributed by atoms with Gasteiger partial charge in [-0.2, -0.15) is 0 Å². The van der Waals surface area contributed by atoms with E-state index in [0.717, 1.165) is 11.4 Å². The van der Waals surface area contributed by atoms with Gasteiger partial charge in [-0.1, -0.05) is 0 Å². The summed E-state index contributed by atoms with van der Waals surface area (Å²) >= 11 is 0. The van der Waals surface area contributed by atoms with Crippen LogP contribution in [0.1, 0.15) is 11.4 Å². The van der Waals surface area contributed by atoms with Crippen molar-refractivity contribution in [3.63, 3.8) is 0 Å². The Labute approximate surface area is 112 Å². The Kier molecular flexibility index (Phi) is 4.89. The van der Waals surface area contributed by atoms with Gasteiger partial charge in [0.1, 0.15) is 0 Å². The van der Waals surface area contributed by atoms with Crippen molar-refractivity contribution >= 4 is 5.91 Å². The lowest BCUT2D eigenvalue weighted by Gasteiger charge is -2.29. The van der Waals surface area contributed by atoms with Crippen LogP contribution in [0.5, 0.6) is 0 Å². The lowest BCUT2D eigenvalue weighted by molar-refractivity contribution is -0.134. The maximum Gasteiger partial charge on any atom is 0.240 e. The fraction of sp³-hybridized carbons (Fsp3) is 0.667. The number of ether oxygens (including phenoxy) is 1. The van der Waals surface area contributed by atoms with E-state index in [9.17, 15) is 4.79 Å². The number of hydrogen-bond acceptors (Lipinski definition) is 5. The summed E-state index contributed by atoms with van der Waals surface area (Å²) in [5, 5.41) is 12.2. The molecule has 3 N–H and O–H groups in total. The zero-order valence-corrected chi connectivity index (χ0v) is 11.1. The summed E-state index contributed by atoms with van der Waals surface area (Å²) in [7, 11) is 1.59. The van der Waals surface area contributed by atoms with Crippen LogP contribution in [0.15, 0.2) is 6.33 Å². The summed E-state index contributed by atoms with van der Waals surface area (Å²) in [4.78, 5) is 21.3. The average Bonchev–Trinajstić information content (AvgIpc) is 2.90. The van der Waals surface area contributed by atoms with E-state index in [-0.39, 0.29) is 18.6 Å². The van der Waals surface area contributed by atoms with Gasteiger partial charge in [0.2, 0.25) is 5.91 Å². The summed E-state index contributed by atoms with van der Waals surface area (Å²) in [6.07, 6.45) is 2.22. The minimum atomic E-state index is -0.279. The van der Waals surface area contributed by atoms with E-state index >= 15 is 0 Å². The largest absolute Gasteiger partial charge is 0.395 e. The number of aliphatic hydroxyl groups excluding tert-OH is 1. The van der Waals surface area contributed by atoms with Crippen LogP contribution in [0.3, 0.4) is 0 Å². The molecule has 1 aromatic rings. The summed E-state index contributed by atoms with van der Waals surface area (Å²) < 4.78 is 4.99. The van der Waals surface area contributed by atoms with E-state index in [4.69, 9.17) is 9.84 Å². The zero-order chi connectivity index (χ0) is 13.7. The Morgan fingerprint density at radius 2 is 2.47 bits per heavy atom. The van der Waals surface area contributed by atoms with Crippen LogP contribution < -0.4 is 5.32 Å². The number of nitrogens with zero attached hydrogens (tertiary/aromatic N) is 2. The van der Waals surface area contributed by atoms with Gasteiger partial charge in [0.15, 0.2) is 0 Å². The lowest BCUT2D eigenvalue weighted by atomic mass is 10.0. The average molecular weight is 268 g/mol. The summed E-state index contributed by atoms with van der Waals surface area (Å²) in [5.74, 6) is -0.0141.